The number of methoxy groups -OCH3 is 2. The number of aliphatic hydroxyl groups is 1. The van der Waals surface area contributed by atoms with Crippen LogP contribution in [0.4, 0.5) is 0 Å². The van der Waals surface area contributed by atoms with Gasteiger partial charge in [0, 0.05) is 11.1 Å². The summed E-state index contributed by atoms with van der Waals surface area (Å²) in [5, 5.41) is 13.9. The van der Waals surface area contributed by atoms with Crippen LogP contribution < -0.4 is 37.8 Å². The summed E-state index contributed by atoms with van der Waals surface area (Å²) in [7, 11) is 1.23. The van der Waals surface area contributed by atoms with E-state index in [1.165, 1.54) is 15.9 Å². The number of hydrogen-bond acceptors (Lipinski definition) is 3. The van der Waals surface area contributed by atoms with Crippen molar-refractivity contribution in [3.63, 3.8) is 0 Å². The summed E-state index contributed by atoms with van der Waals surface area (Å²) < 4.78 is 11.4. The van der Waals surface area contributed by atoms with Crippen LogP contribution >= 0.6 is 7.26 Å². The molecule has 0 aliphatic carbocycles. The van der Waals surface area contributed by atoms with E-state index in [0.717, 1.165) is 28.8 Å². The highest BCUT2D eigenvalue weighted by molar-refractivity contribution is 7.95. The molecule has 4 aromatic carbocycles. The molecule has 0 fully saturated rings. The van der Waals surface area contributed by atoms with Gasteiger partial charge in [-0.05, 0) is 48.5 Å². The van der Waals surface area contributed by atoms with Gasteiger partial charge in [0.1, 0.15) is 40.8 Å². The van der Waals surface area contributed by atoms with Crippen molar-refractivity contribution in [3.8, 4) is 11.5 Å². The predicted octanol–water partition coefficient (Wildman–Crippen LogP) is 1.69. The molecular formula is C28H28ClO3P. The highest BCUT2D eigenvalue weighted by Gasteiger charge is 2.46. The SMILES string of the molecule is COc1cc(CO)c(OC)c(C[P+](c2ccccc2)(c2ccccc2)c2ccccc2)c1.[Cl-]. The summed E-state index contributed by atoms with van der Waals surface area (Å²) in [4.78, 5) is 0. The van der Waals surface area contributed by atoms with E-state index in [0.29, 0.717) is 0 Å². The van der Waals surface area contributed by atoms with Gasteiger partial charge in [0.2, 0.25) is 0 Å². The van der Waals surface area contributed by atoms with Gasteiger partial charge >= 0.3 is 0 Å². The third-order valence-corrected chi connectivity index (χ3v) is 10.2. The van der Waals surface area contributed by atoms with E-state index < -0.39 is 7.26 Å². The lowest BCUT2D eigenvalue weighted by molar-refractivity contribution is -0.00000787. The first-order valence-corrected chi connectivity index (χ1v) is 12.6. The first-order chi connectivity index (χ1) is 15.7. The molecule has 1 N–H and O–H groups in total. The molecule has 0 atom stereocenters. The lowest BCUT2D eigenvalue weighted by atomic mass is 10.1. The van der Waals surface area contributed by atoms with Gasteiger partial charge in [-0.15, -0.1) is 0 Å². The van der Waals surface area contributed by atoms with Gasteiger partial charge in [0.05, 0.1) is 20.8 Å². The maximum Gasteiger partial charge on any atom is 0.131 e. The molecule has 0 aromatic heterocycles. The van der Waals surface area contributed by atoms with Crippen LogP contribution in [0.2, 0.25) is 0 Å². The van der Waals surface area contributed by atoms with Crippen molar-refractivity contribution >= 4 is 23.2 Å². The Labute approximate surface area is 202 Å². The Balaban J connectivity index is 0.00000306. The van der Waals surface area contributed by atoms with E-state index >= 15 is 0 Å². The smallest absolute Gasteiger partial charge is 0.131 e. The van der Waals surface area contributed by atoms with E-state index in [1.807, 2.05) is 12.1 Å². The van der Waals surface area contributed by atoms with E-state index in [9.17, 15) is 5.11 Å². The van der Waals surface area contributed by atoms with Crippen molar-refractivity contribution in [2.45, 2.75) is 12.8 Å². The van der Waals surface area contributed by atoms with Crippen LogP contribution in [0.25, 0.3) is 0 Å². The zero-order chi connectivity index (χ0) is 22.4. The van der Waals surface area contributed by atoms with Crippen molar-refractivity contribution in [2.24, 2.45) is 0 Å². The first kappa shape index (κ1) is 24.8. The minimum absolute atomic E-state index is 0. The highest BCUT2D eigenvalue weighted by Crippen LogP contribution is 2.59. The maximum atomic E-state index is 10.0. The average Bonchev–Trinajstić information content (AvgIpc) is 2.88. The van der Waals surface area contributed by atoms with Gasteiger partial charge < -0.3 is 27.0 Å². The Morgan fingerprint density at radius 3 is 1.42 bits per heavy atom. The molecule has 170 valence electrons. The summed E-state index contributed by atoms with van der Waals surface area (Å²) in [5.41, 5.74) is 1.76. The fraction of sp³-hybridized carbons (Fsp3) is 0.143. The maximum absolute atomic E-state index is 10.0. The van der Waals surface area contributed by atoms with Crippen LogP contribution in [0.15, 0.2) is 103 Å². The molecule has 4 rings (SSSR count). The highest BCUT2D eigenvalue weighted by atomic mass is 35.5. The quantitative estimate of drug-likeness (QED) is 0.392. The molecular weight excluding hydrogens is 451 g/mol. The van der Waals surface area contributed by atoms with E-state index in [2.05, 4.69) is 91.0 Å². The summed E-state index contributed by atoms with van der Waals surface area (Å²) in [5.74, 6) is 1.44. The second-order valence-electron chi connectivity index (χ2n) is 7.61. The topological polar surface area (TPSA) is 38.7 Å². The molecule has 0 aliphatic rings. The molecule has 4 aromatic rings. The lowest BCUT2D eigenvalue weighted by Gasteiger charge is -2.29. The predicted molar refractivity (Wildman–Crippen MR) is 134 cm³/mol. The summed E-state index contributed by atoms with van der Waals surface area (Å²) >= 11 is 0. The van der Waals surface area contributed by atoms with Gasteiger partial charge in [-0.3, -0.25) is 0 Å². The fourth-order valence-electron chi connectivity index (χ4n) is 4.36. The monoisotopic (exact) mass is 478 g/mol. The van der Waals surface area contributed by atoms with Gasteiger partial charge in [-0.2, -0.15) is 0 Å². The molecule has 0 unspecified atom stereocenters. The molecule has 0 saturated heterocycles. The molecule has 0 aliphatic heterocycles. The van der Waals surface area contributed by atoms with Crippen LogP contribution in [0.3, 0.4) is 0 Å². The third kappa shape index (κ3) is 4.91. The minimum atomic E-state index is -2.09. The van der Waals surface area contributed by atoms with E-state index in [-0.39, 0.29) is 19.0 Å². The van der Waals surface area contributed by atoms with Gasteiger partial charge in [0.25, 0.3) is 0 Å². The Hall–Kier alpha value is -2.84. The molecule has 0 spiro atoms. The summed E-state index contributed by atoms with van der Waals surface area (Å²) in [6, 6.07) is 36.1. The summed E-state index contributed by atoms with van der Waals surface area (Å²) in [6.45, 7) is -0.110. The minimum Gasteiger partial charge on any atom is -1.00 e. The number of rotatable bonds is 8. The van der Waals surface area contributed by atoms with Crippen molar-refractivity contribution in [1.29, 1.82) is 0 Å². The zero-order valence-corrected chi connectivity index (χ0v) is 20.5. The van der Waals surface area contributed by atoms with Crippen molar-refractivity contribution < 1.29 is 27.0 Å². The molecule has 5 heteroatoms. The van der Waals surface area contributed by atoms with Gasteiger partial charge in [-0.25, -0.2) is 0 Å². The Kier molecular flexibility index (Phi) is 8.52. The van der Waals surface area contributed by atoms with Gasteiger partial charge in [-0.1, -0.05) is 54.6 Å². The first-order valence-electron chi connectivity index (χ1n) is 10.6. The fourth-order valence-corrected chi connectivity index (χ4v) is 8.59. The normalized spacial score (nSPS) is 10.9. The van der Waals surface area contributed by atoms with Crippen molar-refractivity contribution in [3.05, 3.63) is 114 Å². The second kappa shape index (κ2) is 11.3. The molecule has 0 amide bonds. The molecule has 0 bridgehead atoms. The number of aliphatic hydroxyl groups excluding tert-OH is 1. The third-order valence-electron chi connectivity index (χ3n) is 5.82. The van der Waals surface area contributed by atoms with E-state index in [4.69, 9.17) is 9.47 Å². The van der Waals surface area contributed by atoms with Crippen LogP contribution in [0, 0.1) is 0 Å². The Morgan fingerprint density at radius 2 is 1.06 bits per heavy atom. The second-order valence-corrected chi connectivity index (χ2v) is 11.1. The number of halogens is 1. The van der Waals surface area contributed by atoms with Crippen molar-refractivity contribution in [2.75, 3.05) is 14.2 Å². The van der Waals surface area contributed by atoms with Crippen LogP contribution in [-0.4, -0.2) is 19.3 Å². The number of hydrogen-bond donors (Lipinski definition) is 1. The molecule has 3 nitrogen and oxygen atoms in total. The number of ether oxygens (including phenoxy) is 2. The zero-order valence-electron chi connectivity index (χ0n) is 18.8. The molecule has 33 heavy (non-hydrogen) atoms. The molecule has 0 radical (unpaired) electrons. The average molecular weight is 479 g/mol. The molecule has 0 heterocycles. The number of benzene rings is 4. The van der Waals surface area contributed by atoms with Crippen LogP contribution in [-0.2, 0) is 12.8 Å². The van der Waals surface area contributed by atoms with Crippen LogP contribution in [0.1, 0.15) is 11.1 Å². The van der Waals surface area contributed by atoms with E-state index in [1.54, 1.807) is 14.2 Å². The van der Waals surface area contributed by atoms with Gasteiger partial charge in [0.15, 0.2) is 0 Å². The Bertz CT molecular complexity index is 1060. The lowest BCUT2D eigenvalue weighted by Crippen LogP contribution is -3.00. The van der Waals surface area contributed by atoms with Crippen molar-refractivity contribution in [1.82, 2.24) is 0 Å². The standard InChI is InChI=1S/C28H28O3P.ClH/c1-30-24-18-22(20-29)28(31-2)23(19-24)21-32(25-12-6-3-7-13-25,26-14-8-4-9-15-26)27-16-10-5-11-17-27;/h3-19,29H,20-21H2,1-2H3;1H/q+1;/p-1. The summed E-state index contributed by atoms with van der Waals surface area (Å²) in [6.07, 6.45) is 0.748. The largest absolute Gasteiger partial charge is 1.00 e. The molecule has 0 saturated carbocycles. The Morgan fingerprint density at radius 1 is 0.636 bits per heavy atom. The van der Waals surface area contributed by atoms with Crippen LogP contribution in [0.5, 0.6) is 11.5 Å².